The maximum absolute atomic E-state index is 3.51. The van der Waals surface area contributed by atoms with Gasteiger partial charge >= 0.3 is 0 Å². The van der Waals surface area contributed by atoms with Crippen LogP contribution in [-0.2, 0) is 13.0 Å². The molecule has 0 saturated carbocycles. The Bertz CT molecular complexity index is 543. The molecule has 2 aromatic carbocycles. The quantitative estimate of drug-likeness (QED) is 0.792. The van der Waals surface area contributed by atoms with Gasteiger partial charge in [0.1, 0.15) is 0 Å². The monoisotopic (exact) mass is 267 g/mol. The summed E-state index contributed by atoms with van der Waals surface area (Å²) in [5, 5.41) is 3.51. The van der Waals surface area contributed by atoms with E-state index >= 15 is 0 Å². The van der Waals surface area contributed by atoms with Crippen LogP contribution in [0.25, 0.3) is 11.1 Å². The highest BCUT2D eigenvalue weighted by atomic mass is 14.9. The van der Waals surface area contributed by atoms with E-state index in [0.717, 1.165) is 13.0 Å². The second-order valence-electron chi connectivity index (χ2n) is 5.64. The maximum atomic E-state index is 3.51. The second-order valence-corrected chi connectivity index (χ2v) is 5.64. The summed E-state index contributed by atoms with van der Waals surface area (Å²) in [4.78, 5) is 0. The fraction of sp³-hybridized carbons (Fsp3) is 0.368. The number of aryl methyl sites for hydroxylation is 1. The molecular weight excluding hydrogens is 242 g/mol. The minimum absolute atomic E-state index is 0.509. The van der Waals surface area contributed by atoms with Crippen molar-refractivity contribution in [3.63, 3.8) is 0 Å². The molecule has 1 N–H and O–H groups in total. The van der Waals surface area contributed by atoms with E-state index in [2.05, 4.69) is 74.6 Å². The van der Waals surface area contributed by atoms with E-state index in [1.54, 1.807) is 0 Å². The van der Waals surface area contributed by atoms with Crippen LogP contribution in [0.1, 0.15) is 38.3 Å². The Kier molecular flexibility index (Phi) is 5.37. The summed E-state index contributed by atoms with van der Waals surface area (Å²) in [6.45, 7) is 7.52. The molecule has 0 amide bonds. The number of hydrogen-bond donors (Lipinski definition) is 1. The van der Waals surface area contributed by atoms with Crippen LogP contribution in [0.4, 0.5) is 0 Å². The van der Waals surface area contributed by atoms with Crippen LogP contribution in [0.5, 0.6) is 0 Å². The van der Waals surface area contributed by atoms with Crippen molar-refractivity contribution in [2.75, 3.05) is 0 Å². The Morgan fingerprint density at radius 2 is 1.80 bits per heavy atom. The van der Waals surface area contributed by atoms with Gasteiger partial charge in [0.05, 0.1) is 0 Å². The van der Waals surface area contributed by atoms with Crippen molar-refractivity contribution in [2.24, 2.45) is 0 Å². The first-order valence-electron chi connectivity index (χ1n) is 7.61. The summed E-state index contributed by atoms with van der Waals surface area (Å²) >= 11 is 0. The molecule has 0 aliphatic heterocycles. The Labute approximate surface area is 123 Å². The van der Waals surface area contributed by atoms with Crippen molar-refractivity contribution in [2.45, 2.75) is 46.2 Å². The van der Waals surface area contributed by atoms with E-state index in [9.17, 15) is 0 Å². The van der Waals surface area contributed by atoms with Crippen molar-refractivity contribution in [3.8, 4) is 11.1 Å². The largest absolute Gasteiger partial charge is 0.310 e. The lowest BCUT2D eigenvalue weighted by molar-refractivity contribution is 0.589. The van der Waals surface area contributed by atoms with Gasteiger partial charge in [0.25, 0.3) is 0 Å². The first-order chi connectivity index (χ1) is 9.70. The van der Waals surface area contributed by atoms with Gasteiger partial charge in [-0.05, 0) is 28.7 Å². The Morgan fingerprint density at radius 1 is 1.00 bits per heavy atom. The highest BCUT2D eigenvalue weighted by Crippen LogP contribution is 2.25. The molecular formula is C19H25N. The van der Waals surface area contributed by atoms with E-state index in [-0.39, 0.29) is 0 Å². The molecule has 20 heavy (non-hydrogen) atoms. The van der Waals surface area contributed by atoms with Crippen molar-refractivity contribution in [1.82, 2.24) is 5.32 Å². The number of benzene rings is 2. The predicted molar refractivity (Wildman–Crippen MR) is 87.8 cm³/mol. The molecule has 0 atom stereocenters. The molecule has 2 aromatic rings. The Morgan fingerprint density at radius 3 is 2.55 bits per heavy atom. The molecule has 0 aliphatic carbocycles. The third-order valence-corrected chi connectivity index (χ3v) is 3.49. The summed E-state index contributed by atoms with van der Waals surface area (Å²) in [7, 11) is 0. The first-order valence-corrected chi connectivity index (χ1v) is 7.61. The van der Waals surface area contributed by atoms with Crippen LogP contribution in [0.2, 0.25) is 0 Å². The molecule has 106 valence electrons. The average Bonchev–Trinajstić information content (AvgIpc) is 2.46. The summed E-state index contributed by atoms with van der Waals surface area (Å²) < 4.78 is 0. The van der Waals surface area contributed by atoms with Crippen molar-refractivity contribution < 1.29 is 0 Å². The summed E-state index contributed by atoms with van der Waals surface area (Å²) in [6.07, 6.45) is 2.35. The fourth-order valence-electron chi connectivity index (χ4n) is 2.45. The minimum Gasteiger partial charge on any atom is -0.310 e. The van der Waals surface area contributed by atoms with Gasteiger partial charge in [-0.3, -0.25) is 0 Å². The van der Waals surface area contributed by atoms with Gasteiger partial charge < -0.3 is 5.32 Å². The van der Waals surface area contributed by atoms with Crippen LogP contribution >= 0.6 is 0 Å². The smallest absolute Gasteiger partial charge is 0.0214 e. The molecule has 0 fully saturated rings. The van der Waals surface area contributed by atoms with Crippen molar-refractivity contribution in [1.29, 1.82) is 0 Å². The average molecular weight is 267 g/mol. The van der Waals surface area contributed by atoms with Crippen LogP contribution in [0.3, 0.4) is 0 Å². The molecule has 0 radical (unpaired) electrons. The third kappa shape index (κ3) is 3.94. The second kappa shape index (κ2) is 7.25. The fourth-order valence-corrected chi connectivity index (χ4v) is 2.45. The lowest BCUT2D eigenvalue weighted by Gasteiger charge is -2.13. The zero-order valence-electron chi connectivity index (χ0n) is 12.8. The molecule has 0 heterocycles. The van der Waals surface area contributed by atoms with Crippen LogP contribution in [0.15, 0.2) is 48.5 Å². The number of nitrogens with one attached hydrogen (secondary N) is 1. The van der Waals surface area contributed by atoms with Gasteiger partial charge in [0.2, 0.25) is 0 Å². The van der Waals surface area contributed by atoms with Crippen LogP contribution in [0, 0.1) is 0 Å². The van der Waals surface area contributed by atoms with Gasteiger partial charge in [0, 0.05) is 12.6 Å². The van der Waals surface area contributed by atoms with Gasteiger partial charge in [-0.2, -0.15) is 0 Å². The highest BCUT2D eigenvalue weighted by molar-refractivity contribution is 5.68. The van der Waals surface area contributed by atoms with Crippen LogP contribution in [-0.4, -0.2) is 6.04 Å². The van der Waals surface area contributed by atoms with Gasteiger partial charge in [-0.15, -0.1) is 0 Å². The number of rotatable bonds is 6. The van der Waals surface area contributed by atoms with E-state index in [1.165, 1.54) is 28.7 Å². The van der Waals surface area contributed by atoms with Gasteiger partial charge in [-0.25, -0.2) is 0 Å². The standard InChI is InChI=1S/C19H25N/c1-4-8-16-9-7-11-17(13-16)19-12-6-5-10-18(19)14-20-15(2)3/h5-7,9-13,15,20H,4,8,14H2,1-3H3. The Hall–Kier alpha value is -1.60. The molecule has 0 saturated heterocycles. The topological polar surface area (TPSA) is 12.0 Å². The molecule has 1 heteroatoms. The molecule has 0 unspecified atom stereocenters. The normalized spacial score (nSPS) is 11.0. The molecule has 0 aromatic heterocycles. The zero-order valence-corrected chi connectivity index (χ0v) is 12.8. The third-order valence-electron chi connectivity index (χ3n) is 3.49. The molecule has 0 bridgehead atoms. The zero-order chi connectivity index (χ0) is 14.4. The molecule has 1 nitrogen and oxygen atoms in total. The summed E-state index contributed by atoms with van der Waals surface area (Å²) in [6, 6.07) is 18.1. The van der Waals surface area contributed by atoms with E-state index in [0.29, 0.717) is 6.04 Å². The summed E-state index contributed by atoms with van der Waals surface area (Å²) in [5.74, 6) is 0. The van der Waals surface area contributed by atoms with E-state index in [1.807, 2.05) is 0 Å². The van der Waals surface area contributed by atoms with E-state index in [4.69, 9.17) is 0 Å². The number of hydrogen-bond acceptors (Lipinski definition) is 1. The maximum Gasteiger partial charge on any atom is 0.0214 e. The van der Waals surface area contributed by atoms with Crippen LogP contribution < -0.4 is 5.32 Å². The first kappa shape index (κ1) is 14.8. The molecule has 2 rings (SSSR count). The predicted octanol–water partition coefficient (Wildman–Crippen LogP) is 4.80. The molecule has 0 spiro atoms. The molecule has 0 aliphatic rings. The van der Waals surface area contributed by atoms with Gasteiger partial charge in [-0.1, -0.05) is 75.7 Å². The summed E-state index contributed by atoms with van der Waals surface area (Å²) in [5.41, 5.74) is 5.47. The lowest BCUT2D eigenvalue weighted by Crippen LogP contribution is -2.22. The highest BCUT2D eigenvalue weighted by Gasteiger charge is 2.05. The Balaban J connectivity index is 2.29. The van der Waals surface area contributed by atoms with Crippen molar-refractivity contribution >= 4 is 0 Å². The van der Waals surface area contributed by atoms with Gasteiger partial charge in [0.15, 0.2) is 0 Å². The SMILES string of the molecule is CCCc1cccc(-c2ccccc2CNC(C)C)c1. The minimum atomic E-state index is 0.509. The van der Waals surface area contributed by atoms with Crippen molar-refractivity contribution in [3.05, 3.63) is 59.7 Å². The lowest BCUT2D eigenvalue weighted by atomic mass is 9.97. The van der Waals surface area contributed by atoms with E-state index < -0.39 is 0 Å².